The zero-order valence-electron chi connectivity index (χ0n) is 13.2. The second-order valence-electron chi connectivity index (χ2n) is 5.17. The van der Waals surface area contributed by atoms with Crippen LogP contribution < -0.4 is 15.5 Å². The highest BCUT2D eigenvalue weighted by Crippen LogP contribution is 2.33. The minimum atomic E-state index is -1.44. The van der Waals surface area contributed by atoms with Crippen LogP contribution in [0, 0.1) is 0 Å². The summed E-state index contributed by atoms with van der Waals surface area (Å²) in [6.45, 7) is 0. The Hall–Kier alpha value is -2.29. The zero-order chi connectivity index (χ0) is 17.9. The number of pyridine rings is 1. The first-order valence-corrected chi connectivity index (χ1v) is 8.65. The predicted molar refractivity (Wildman–Crippen MR) is 97.8 cm³/mol. The van der Waals surface area contributed by atoms with Crippen LogP contribution in [0.3, 0.4) is 0 Å². The molecule has 1 unspecified atom stereocenters. The fraction of sp³-hybridized carbons (Fsp3) is 0.188. The van der Waals surface area contributed by atoms with Crippen LogP contribution in [0.15, 0.2) is 47.7 Å². The first-order chi connectivity index (χ1) is 12.0. The molecule has 25 heavy (non-hydrogen) atoms. The van der Waals surface area contributed by atoms with Crippen molar-refractivity contribution < 1.29 is 14.6 Å². The lowest BCUT2D eigenvalue weighted by atomic mass is 10.0. The molecule has 1 aliphatic rings. The number of carbonyl (C=O) groups excluding carboxylic acids is 1. The van der Waals surface area contributed by atoms with E-state index in [0.717, 1.165) is 11.8 Å². The molecule has 0 bridgehead atoms. The highest BCUT2D eigenvalue weighted by atomic mass is 35.5. The Morgan fingerprint density at radius 3 is 2.88 bits per heavy atom. The molecule has 1 aromatic heterocycles. The number of ether oxygens (including phenoxy) is 1. The summed E-state index contributed by atoms with van der Waals surface area (Å²) in [6, 6.07) is 10.4. The summed E-state index contributed by atoms with van der Waals surface area (Å²) < 4.78 is 5.27. The van der Waals surface area contributed by atoms with Gasteiger partial charge in [0.1, 0.15) is 5.75 Å². The van der Waals surface area contributed by atoms with Crippen molar-refractivity contribution in [3.8, 4) is 5.75 Å². The first kappa shape index (κ1) is 17.5. The fourth-order valence-electron chi connectivity index (χ4n) is 2.28. The summed E-state index contributed by atoms with van der Waals surface area (Å²) in [7, 11) is 1.53. The van der Waals surface area contributed by atoms with Crippen molar-refractivity contribution in [2.45, 2.75) is 5.72 Å². The van der Waals surface area contributed by atoms with Crippen molar-refractivity contribution in [1.29, 1.82) is 0 Å². The average Bonchev–Trinajstić information content (AvgIpc) is 2.64. The van der Waals surface area contributed by atoms with Gasteiger partial charge in [0, 0.05) is 11.8 Å². The van der Waals surface area contributed by atoms with Crippen molar-refractivity contribution in [3.05, 3.63) is 53.3 Å². The lowest BCUT2D eigenvalue weighted by Gasteiger charge is -2.32. The maximum absolute atomic E-state index is 12.3. The number of nitrogens with zero attached hydrogens (tertiary/aromatic N) is 2. The molecule has 9 heteroatoms. The monoisotopic (exact) mass is 378 g/mol. The van der Waals surface area contributed by atoms with Crippen LogP contribution in [0.25, 0.3) is 0 Å². The van der Waals surface area contributed by atoms with Gasteiger partial charge < -0.3 is 15.2 Å². The smallest absolute Gasteiger partial charge is 0.282 e. The van der Waals surface area contributed by atoms with Crippen LogP contribution in [-0.2, 0) is 10.5 Å². The summed E-state index contributed by atoms with van der Waals surface area (Å²) in [5, 5.41) is 17.8. The molecule has 2 aromatic rings. The minimum absolute atomic E-state index is 0.180. The third-order valence-electron chi connectivity index (χ3n) is 3.51. The molecule has 2 heterocycles. The Kier molecular flexibility index (Phi) is 5.12. The Balaban J connectivity index is 1.76. The maximum Gasteiger partial charge on any atom is 0.282 e. The summed E-state index contributed by atoms with van der Waals surface area (Å²) in [5.41, 5.74) is 2.15. The number of halogens is 1. The molecule has 130 valence electrons. The SMILES string of the molecule is COc1ccccc1C1(O)CSC(C(=O)Nc2cccnc2Cl)=NN1. The predicted octanol–water partition coefficient (Wildman–Crippen LogP) is 2.18. The lowest BCUT2D eigenvalue weighted by Crippen LogP contribution is -2.46. The number of hydrogen-bond donors (Lipinski definition) is 3. The van der Waals surface area contributed by atoms with Crippen molar-refractivity contribution in [1.82, 2.24) is 10.4 Å². The third-order valence-corrected chi connectivity index (χ3v) is 4.93. The van der Waals surface area contributed by atoms with Crippen molar-refractivity contribution in [2.75, 3.05) is 18.2 Å². The second kappa shape index (κ2) is 7.30. The van der Waals surface area contributed by atoms with E-state index in [1.807, 2.05) is 0 Å². The van der Waals surface area contributed by atoms with Crippen molar-refractivity contribution >= 4 is 40.0 Å². The molecule has 1 aliphatic heterocycles. The topological polar surface area (TPSA) is 95.8 Å². The molecule has 0 spiro atoms. The molecular weight excluding hydrogens is 364 g/mol. The normalized spacial score (nSPS) is 19.6. The molecule has 3 rings (SSSR count). The molecule has 1 atom stereocenters. The summed E-state index contributed by atoms with van der Waals surface area (Å²) in [6.07, 6.45) is 1.53. The number of amides is 1. The number of benzene rings is 1. The van der Waals surface area contributed by atoms with Crippen molar-refractivity contribution in [2.24, 2.45) is 5.10 Å². The number of anilines is 1. The van der Waals surface area contributed by atoms with Gasteiger partial charge in [-0.25, -0.2) is 4.98 Å². The summed E-state index contributed by atoms with van der Waals surface area (Å²) in [4.78, 5) is 16.2. The number of nitrogens with one attached hydrogen (secondary N) is 2. The molecule has 7 nitrogen and oxygen atoms in total. The number of rotatable bonds is 4. The van der Waals surface area contributed by atoms with Gasteiger partial charge in [-0.05, 0) is 18.2 Å². The van der Waals surface area contributed by atoms with Crippen LogP contribution in [-0.4, -0.2) is 33.9 Å². The Morgan fingerprint density at radius 2 is 2.20 bits per heavy atom. The van der Waals surface area contributed by atoms with E-state index < -0.39 is 11.6 Å². The van der Waals surface area contributed by atoms with Crippen LogP contribution in [0.2, 0.25) is 5.15 Å². The molecule has 0 saturated heterocycles. The molecule has 0 fully saturated rings. The zero-order valence-corrected chi connectivity index (χ0v) is 14.8. The van der Waals surface area contributed by atoms with Gasteiger partial charge in [-0.3, -0.25) is 10.2 Å². The van der Waals surface area contributed by atoms with E-state index in [2.05, 4.69) is 20.8 Å². The standard InChI is InChI=1S/C16H15ClN4O3S/c1-24-12-7-3-2-5-10(12)16(23)9-25-15(20-21-16)14(22)19-11-6-4-8-18-13(11)17/h2-8,21,23H,9H2,1H3,(H,19,22). The molecule has 0 saturated carbocycles. The summed E-state index contributed by atoms with van der Waals surface area (Å²) >= 11 is 7.05. The van der Waals surface area contributed by atoms with Gasteiger partial charge in [0.15, 0.2) is 15.9 Å². The third kappa shape index (κ3) is 3.71. The number of hydrogen-bond acceptors (Lipinski definition) is 7. The van der Waals surface area contributed by atoms with Gasteiger partial charge in [0.25, 0.3) is 5.91 Å². The number of thioether (sulfide) groups is 1. The van der Waals surface area contributed by atoms with Gasteiger partial charge in [-0.2, -0.15) is 5.10 Å². The van der Waals surface area contributed by atoms with Gasteiger partial charge in [0.2, 0.25) is 0 Å². The average molecular weight is 379 g/mol. The van der Waals surface area contributed by atoms with Crippen LogP contribution >= 0.6 is 23.4 Å². The number of methoxy groups -OCH3 is 1. The van der Waals surface area contributed by atoms with Gasteiger partial charge in [-0.15, -0.1) is 0 Å². The Labute approximate surface area is 153 Å². The van der Waals surface area contributed by atoms with E-state index in [0.29, 0.717) is 17.0 Å². The number of para-hydroxylation sites is 1. The number of hydrazone groups is 1. The van der Waals surface area contributed by atoms with E-state index in [9.17, 15) is 9.90 Å². The van der Waals surface area contributed by atoms with E-state index in [4.69, 9.17) is 16.3 Å². The van der Waals surface area contributed by atoms with Crippen molar-refractivity contribution in [3.63, 3.8) is 0 Å². The van der Waals surface area contributed by atoms with E-state index in [-0.39, 0.29) is 15.9 Å². The van der Waals surface area contributed by atoms with Gasteiger partial charge >= 0.3 is 0 Å². The van der Waals surface area contributed by atoms with E-state index in [1.54, 1.807) is 36.4 Å². The number of carbonyl (C=O) groups is 1. The minimum Gasteiger partial charge on any atom is -0.496 e. The largest absolute Gasteiger partial charge is 0.496 e. The van der Waals surface area contributed by atoms with E-state index in [1.165, 1.54) is 13.3 Å². The molecule has 1 amide bonds. The van der Waals surface area contributed by atoms with Crippen LogP contribution in [0.5, 0.6) is 5.75 Å². The Morgan fingerprint density at radius 1 is 1.40 bits per heavy atom. The van der Waals surface area contributed by atoms with Gasteiger partial charge in [-0.1, -0.05) is 41.6 Å². The van der Waals surface area contributed by atoms with Gasteiger partial charge in [0.05, 0.1) is 18.6 Å². The quantitative estimate of drug-likeness (QED) is 0.706. The highest BCUT2D eigenvalue weighted by molar-refractivity contribution is 8.15. The number of aliphatic hydroxyl groups is 1. The number of aromatic nitrogens is 1. The molecule has 0 aliphatic carbocycles. The van der Waals surface area contributed by atoms with Crippen LogP contribution in [0.1, 0.15) is 5.56 Å². The second-order valence-corrected chi connectivity index (χ2v) is 6.50. The molecule has 0 radical (unpaired) electrons. The molecular formula is C16H15ClN4O3S. The maximum atomic E-state index is 12.3. The highest BCUT2D eigenvalue weighted by Gasteiger charge is 2.36. The fourth-order valence-corrected chi connectivity index (χ4v) is 3.30. The lowest BCUT2D eigenvalue weighted by molar-refractivity contribution is -0.110. The van der Waals surface area contributed by atoms with Crippen LogP contribution in [0.4, 0.5) is 5.69 Å². The Bertz CT molecular complexity index is 833. The first-order valence-electron chi connectivity index (χ1n) is 7.29. The molecule has 3 N–H and O–H groups in total. The summed E-state index contributed by atoms with van der Waals surface area (Å²) in [5.74, 6) is 0.276. The van der Waals surface area contributed by atoms with E-state index >= 15 is 0 Å². The molecule has 1 aromatic carbocycles.